The van der Waals surface area contributed by atoms with Gasteiger partial charge in [0.1, 0.15) is 22.3 Å². The molecule has 0 unspecified atom stereocenters. The first-order valence-electron chi connectivity index (χ1n) is 34.7. The standard InChI is InChI=1S/C98H61NO2/c1-9-27-62(28-10-1)72-53-80(66-35-17-5-18-36-66)95-87(57-72)89-59-74(64-31-13-3-14-32-64)55-82(97(89)100-95)70-45-49-91-84(51-70)85-52-71(46-50-92(85)99(91)76-47-48-79-86(61-76)94(69-41-23-8-24-42-69)78-44-26-25-43-77(78)93(79)68-39-21-7-22-40-68)83-56-75(65-33-15-4-16-34-65)60-90-88-58-73(63-29-11-2-12-30-63)54-81(96(88)101-98(83)90)67-37-19-6-20-38-67/h1-61H. The van der Waals surface area contributed by atoms with Crippen LogP contribution in [0.5, 0.6) is 0 Å². The summed E-state index contributed by atoms with van der Waals surface area (Å²) in [6, 6.07) is 135. The number of fused-ring (bicyclic) bond motifs is 11. The Morgan fingerprint density at radius 2 is 0.426 bits per heavy atom. The van der Waals surface area contributed by atoms with E-state index in [9.17, 15) is 0 Å². The van der Waals surface area contributed by atoms with Crippen molar-refractivity contribution in [3.63, 3.8) is 0 Å². The van der Waals surface area contributed by atoms with Crippen LogP contribution in [0.3, 0.4) is 0 Å². The lowest BCUT2D eigenvalue weighted by molar-refractivity contribution is 0.671. The zero-order chi connectivity index (χ0) is 66.5. The summed E-state index contributed by atoms with van der Waals surface area (Å²) in [6.45, 7) is 0. The van der Waals surface area contributed by atoms with Gasteiger partial charge >= 0.3 is 0 Å². The first kappa shape index (κ1) is 57.9. The first-order chi connectivity index (χ1) is 50.1. The maximum absolute atomic E-state index is 7.48. The van der Waals surface area contributed by atoms with Gasteiger partial charge in [0.2, 0.25) is 0 Å². The fourth-order valence-corrected chi connectivity index (χ4v) is 16.0. The molecule has 0 N–H and O–H groups in total. The van der Waals surface area contributed by atoms with E-state index in [-0.39, 0.29) is 0 Å². The summed E-state index contributed by atoms with van der Waals surface area (Å²) in [7, 11) is 0. The first-order valence-corrected chi connectivity index (χ1v) is 34.7. The molecule has 3 heterocycles. The van der Waals surface area contributed by atoms with Gasteiger partial charge in [0.15, 0.2) is 0 Å². The lowest BCUT2D eigenvalue weighted by Crippen LogP contribution is -1.96. The largest absolute Gasteiger partial charge is 0.455 e. The van der Waals surface area contributed by atoms with Crippen LogP contribution >= 0.6 is 0 Å². The SMILES string of the molecule is c1ccc(-c2cc(-c3ccccc3)c3oc4c(-c5ccc6c(c5)c5cc(-c7cc(-c8ccccc8)cc8c7oc7c(-c9ccccc9)cc(-c9ccccc9)cc78)ccc5n6-c5ccc6c(-c7ccccc7)c7ccccc7c(-c7ccccc7)c6c5)cc(-c5ccccc5)cc4c3c2)cc1. The van der Waals surface area contributed by atoms with E-state index >= 15 is 0 Å². The molecule has 0 amide bonds. The summed E-state index contributed by atoms with van der Waals surface area (Å²) in [5.74, 6) is 0. The van der Waals surface area contributed by atoms with Crippen molar-refractivity contribution >= 4 is 87.2 Å². The molecular formula is C98H61NO2. The Labute approximate surface area is 584 Å². The van der Waals surface area contributed by atoms with E-state index in [1.54, 1.807) is 0 Å². The highest BCUT2D eigenvalue weighted by Crippen LogP contribution is 2.50. The maximum Gasteiger partial charge on any atom is 0.143 e. The van der Waals surface area contributed by atoms with Crippen LogP contribution in [0.1, 0.15) is 0 Å². The third-order valence-electron chi connectivity index (χ3n) is 20.7. The Morgan fingerprint density at radius 3 is 0.762 bits per heavy atom. The second kappa shape index (κ2) is 23.7. The zero-order valence-electron chi connectivity index (χ0n) is 55.0. The summed E-state index contributed by atoms with van der Waals surface area (Å²) in [6.07, 6.45) is 0. The van der Waals surface area contributed by atoms with Gasteiger partial charge in [-0.05, 0) is 195 Å². The molecule has 0 radical (unpaired) electrons. The highest BCUT2D eigenvalue weighted by Gasteiger charge is 2.26. The summed E-state index contributed by atoms with van der Waals surface area (Å²) in [5.41, 5.74) is 28.9. The van der Waals surface area contributed by atoms with Crippen LogP contribution in [0.15, 0.2) is 379 Å². The molecule has 0 aliphatic carbocycles. The van der Waals surface area contributed by atoms with Gasteiger partial charge in [0.25, 0.3) is 0 Å². The minimum absolute atomic E-state index is 0.838. The van der Waals surface area contributed by atoms with Gasteiger partial charge in [0.05, 0.1) is 11.0 Å². The number of hydrogen-bond donors (Lipinski definition) is 0. The number of rotatable bonds is 11. The van der Waals surface area contributed by atoms with Crippen molar-refractivity contribution in [1.29, 1.82) is 0 Å². The van der Waals surface area contributed by atoms with Crippen molar-refractivity contribution in [2.24, 2.45) is 0 Å². The Morgan fingerprint density at radius 1 is 0.158 bits per heavy atom. The minimum Gasteiger partial charge on any atom is -0.455 e. The van der Waals surface area contributed by atoms with Crippen LogP contribution < -0.4 is 0 Å². The number of furan rings is 2. The highest BCUT2D eigenvalue weighted by molar-refractivity contribution is 6.23. The van der Waals surface area contributed by atoms with Crippen LogP contribution in [0.4, 0.5) is 0 Å². The van der Waals surface area contributed by atoms with Crippen molar-refractivity contribution in [2.75, 3.05) is 0 Å². The van der Waals surface area contributed by atoms with E-state index < -0.39 is 0 Å². The number of benzene rings is 17. The smallest absolute Gasteiger partial charge is 0.143 e. The van der Waals surface area contributed by atoms with Crippen molar-refractivity contribution < 1.29 is 8.83 Å². The lowest BCUT2D eigenvalue weighted by Gasteiger charge is -2.19. The topological polar surface area (TPSA) is 31.2 Å². The van der Waals surface area contributed by atoms with Gasteiger partial charge in [-0.3, -0.25) is 0 Å². The molecule has 0 saturated carbocycles. The van der Waals surface area contributed by atoms with Gasteiger partial charge in [-0.1, -0.05) is 285 Å². The molecule has 0 bridgehead atoms. The molecule has 0 aliphatic rings. The molecule has 0 saturated heterocycles. The van der Waals surface area contributed by atoms with E-state index in [1.165, 1.54) is 43.8 Å². The Bertz CT molecular complexity index is 6310. The third kappa shape index (κ3) is 9.73. The average molecular weight is 1280 g/mol. The molecule has 20 rings (SSSR count). The van der Waals surface area contributed by atoms with Crippen LogP contribution in [-0.2, 0) is 0 Å². The van der Waals surface area contributed by atoms with E-state index in [1.807, 2.05) is 0 Å². The quantitative estimate of drug-likeness (QED) is 0.121. The second-order valence-corrected chi connectivity index (χ2v) is 26.6. The van der Waals surface area contributed by atoms with Crippen LogP contribution in [0.25, 0.3) is 204 Å². The average Bonchev–Trinajstić information content (AvgIpc) is 1.67. The fraction of sp³-hybridized carbons (Fsp3) is 0. The molecule has 101 heavy (non-hydrogen) atoms. The van der Waals surface area contributed by atoms with Gasteiger partial charge in [0, 0.05) is 60.3 Å². The second-order valence-electron chi connectivity index (χ2n) is 26.6. The molecule has 470 valence electrons. The normalized spacial score (nSPS) is 11.8. The van der Waals surface area contributed by atoms with Crippen LogP contribution in [0.2, 0.25) is 0 Å². The molecule has 0 fully saturated rings. The maximum atomic E-state index is 7.48. The van der Waals surface area contributed by atoms with Crippen molar-refractivity contribution in [3.05, 3.63) is 370 Å². The minimum atomic E-state index is 0.838. The Balaban J connectivity index is 0.881. The molecule has 0 atom stereocenters. The predicted molar refractivity (Wildman–Crippen MR) is 425 cm³/mol. The number of aromatic nitrogens is 1. The van der Waals surface area contributed by atoms with Gasteiger partial charge in [-0.25, -0.2) is 0 Å². The van der Waals surface area contributed by atoms with Crippen molar-refractivity contribution in [2.45, 2.75) is 0 Å². The van der Waals surface area contributed by atoms with E-state index in [0.717, 1.165) is 160 Å². The molecule has 3 heteroatoms. The molecule has 3 nitrogen and oxygen atoms in total. The molecule has 20 aromatic rings. The molecule has 0 spiro atoms. The summed E-state index contributed by atoms with van der Waals surface area (Å²) < 4.78 is 17.5. The van der Waals surface area contributed by atoms with Gasteiger partial charge in [-0.2, -0.15) is 0 Å². The van der Waals surface area contributed by atoms with Crippen LogP contribution in [0, 0.1) is 0 Å². The number of nitrogens with zero attached hydrogens (tertiary/aromatic N) is 1. The number of hydrogen-bond acceptors (Lipinski definition) is 2. The zero-order valence-corrected chi connectivity index (χ0v) is 55.0. The van der Waals surface area contributed by atoms with E-state index in [4.69, 9.17) is 8.83 Å². The summed E-state index contributed by atoms with van der Waals surface area (Å²) >= 11 is 0. The van der Waals surface area contributed by atoms with Crippen LogP contribution in [-0.4, -0.2) is 4.57 Å². The summed E-state index contributed by atoms with van der Waals surface area (Å²) in [5, 5.41) is 11.3. The molecule has 3 aromatic heterocycles. The highest BCUT2D eigenvalue weighted by atomic mass is 16.3. The lowest BCUT2D eigenvalue weighted by atomic mass is 9.86. The summed E-state index contributed by atoms with van der Waals surface area (Å²) in [4.78, 5) is 0. The van der Waals surface area contributed by atoms with Gasteiger partial charge in [-0.15, -0.1) is 0 Å². The van der Waals surface area contributed by atoms with E-state index in [0.29, 0.717) is 0 Å². The molecular weight excluding hydrogens is 1220 g/mol. The molecule has 17 aromatic carbocycles. The van der Waals surface area contributed by atoms with E-state index in [2.05, 4.69) is 375 Å². The fourth-order valence-electron chi connectivity index (χ4n) is 16.0. The monoisotopic (exact) mass is 1280 g/mol. The Kier molecular flexibility index (Phi) is 13.6. The van der Waals surface area contributed by atoms with Crippen molar-refractivity contribution in [3.8, 4) is 117 Å². The predicted octanol–water partition coefficient (Wildman–Crippen LogP) is 27.6. The van der Waals surface area contributed by atoms with Gasteiger partial charge < -0.3 is 13.4 Å². The Hall–Kier alpha value is -13.3. The third-order valence-corrected chi connectivity index (χ3v) is 20.7. The molecule has 0 aliphatic heterocycles. The van der Waals surface area contributed by atoms with Crippen molar-refractivity contribution in [1.82, 2.24) is 4.57 Å².